The number of benzene rings is 9. The fraction of sp³-hybridized carbons (Fsp3) is 0.167. The predicted molar refractivity (Wildman–Crippen MR) is 319 cm³/mol. The van der Waals surface area contributed by atoms with E-state index in [2.05, 4.69) is 188 Å². The Labute approximate surface area is 460 Å². The van der Waals surface area contributed by atoms with Gasteiger partial charge in [-0.15, -0.1) is 0 Å². The van der Waals surface area contributed by atoms with Crippen LogP contribution in [0, 0.1) is 6.33 Å². The van der Waals surface area contributed by atoms with Crippen molar-refractivity contribution >= 4 is 32.8 Å². The Kier molecular flexibility index (Phi) is 10.9. The lowest BCUT2D eigenvalue weighted by Crippen LogP contribution is -2.31. The Balaban J connectivity index is 0.995. The van der Waals surface area contributed by atoms with Crippen molar-refractivity contribution in [3.63, 3.8) is 0 Å². The quantitative estimate of drug-likeness (QED) is 0.0956. The average Bonchev–Trinajstić information content (AvgIpc) is 4.18. The van der Waals surface area contributed by atoms with Crippen molar-refractivity contribution in [2.24, 2.45) is 0 Å². The highest BCUT2D eigenvalue weighted by molar-refractivity contribution is 6.10. The molecule has 0 spiro atoms. The van der Waals surface area contributed by atoms with Gasteiger partial charge in [0.15, 0.2) is 0 Å². The number of imidazole rings is 1. The van der Waals surface area contributed by atoms with Gasteiger partial charge in [0.25, 0.3) is 6.33 Å². The summed E-state index contributed by atoms with van der Waals surface area (Å²) < 4.78 is 57.8. The molecule has 0 aliphatic carbocycles. The van der Waals surface area contributed by atoms with Crippen LogP contribution in [0.3, 0.4) is 0 Å². The molecule has 77 heavy (non-hydrogen) atoms. The molecule has 0 saturated heterocycles. The summed E-state index contributed by atoms with van der Waals surface area (Å²) in [7, 11) is 0. The zero-order chi connectivity index (χ0) is 57.4. The maximum atomic E-state index is 9.28. The number of ether oxygens (including phenoxy) is 1. The SMILES string of the molecule is [2H]c1c([2H])c([2H])c(-c2cccc(-c3cc(C(C)(C)C)cc(C(C)(C)C)c3)c2-[n+]2[c-]n(-c3cccc(Oc4ccc5c6cc(-c7ccccc7)ccc6n(-c6cc(CC(C)(C)c7ccccc7)ccn6)c5c4)c3)c3ccccc32)c([2H])c1[2H]. The van der Waals surface area contributed by atoms with Crippen LogP contribution in [0.4, 0.5) is 0 Å². The lowest BCUT2D eigenvalue weighted by molar-refractivity contribution is -0.571. The number of rotatable bonds is 11. The van der Waals surface area contributed by atoms with Gasteiger partial charge < -0.3 is 4.74 Å². The van der Waals surface area contributed by atoms with Gasteiger partial charge >= 0.3 is 0 Å². The minimum atomic E-state index is -0.442. The van der Waals surface area contributed by atoms with Gasteiger partial charge in [0, 0.05) is 23.0 Å². The van der Waals surface area contributed by atoms with Crippen LogP contribution in [0.1, 0.15) is 84.5 Å². The van der Waals surface area contributed by atoms with E-state index in [1.807, 2.05) is 88.1 Å². The average molecular weight is 1010 g/mol. The van der Waals surface area contributed by atoms with Gasteiger partial charge in [-0.2, -0.15) is 0 Å². The molecule has 0 N–H and O–H groups in total. The highest BCUT2D eigenvalue weighted by atomic mass is 16.5. The lowest BCUT2D eigenvalue weighted by atomic mass is 9.78. The molecule has 5 nitrogen and oxygen atoms in total. The molecule has 0 atom stereocenters. The van der Waals surface area contributed by atoms with E-state index >= 15 is 0 Å². The summed E-state index contributed by atoms with van der Waals surface area (Å²) in [5.41, 5.74) is 14.0. The maximum Gasteiger partial charge on any atom is 0.269 e. The van der Waals surface area contributed by atoms with Crippen molar-refractivity contribution in [1.82, 2.24) is 14.1 Å². The van der Waals surface area contributed by atoms with Crippen LogP contribution in [0.5, 0.6) is 11.5 Å². The second kappa shape index (κ2) is 19.4. The lowest BCUT2D eigenvalue weighted by Gasteiger charge is -2.27. The molecular weight excluding hydrogens is 937 g/mol. The van der Waals surface area contributed by atoms with Crippen LogP contribution in [0.2, 0.25) is 0 Å². The standard InChI is InChI=1S/C72H64N4O/c1-70(2,3)55-41-53(42-56(44-55)71(4,5)6)61-31-21-30-60(51-24-14-10-15-25-51)69(61)75-48-74(65-32-18-19-33-66(65)75)57-28-20-29-58(45-57)77-59-35-36-62-63-43-52(50-22-12-9-13-23-50)34-37-64(63)76(67(62)46-59)68-40-49(38-39-73-68)47-72(7,8)54-26-16-11-17-27-54/h9-46H,47H2,1-8H3/i10D,14D,15D,24D,25D. The fourth-order valence-corrected chi connectivity index (χ4v) is 10.8. The van der Waals surface area contributed by atoms with Crippen LogP contribution in [0.15, 0.2) is 231 Å². The molecule has 0 saturated carbocycles. The monoisotopic (exact) mass is 1010 g/mol. The smallest absolute Gasteiger partial charge is 0.269 e. The molecule has 0 radical (unpaired) electrons. The van der Waals surface area contributed by atoms with Gasteiger partial charge in [0.1, 0.15) is 17.3 Å². The molecule has 5 heteroatoms. The summed E-state index contributed by atoms with van der Waals surface area (Å²) in [5.74, 6) is 2.09. The Morgan fingerprint density at radius 1 is 0.506 bits per heavy atom. The third-order valence-electron chi connectivity index (χ3n) is 15.0. The number of hydrogen-bond donors (Lipinski definition) is 0. The van der Waals surface area contributed by atoms with E-state index in [0.717, 1.165) is 84.1 Å². The number of para-hydroxylation sites is 3. The molecule has 3 heterocycles. The largest absolute Gasteiger partial charge is 0.458 e. The van der Waals surface area contributed by atoms with Crippen LogP contribution in [0.25, 0.3) is 83.4 Å². The van der Waals surface area contributed by atoms with Crippen molar-refractivity contribution in [2.75, 3.05) is 0 Å². The Bertz CT molecular complexity index is 4390. The number of nitrogens with zero attached hydrogens (tertiary/aromatic N) is 4. The molecular formula is C72H64N4O. The number of fused-ring (bicyclic) bond motifs is 4. The molecule has 0 aliphatic rings. The van der Waals surface area contributed by atoms with E-state index in [4.69, 9.17) is 13.8 Å². The molecule has 0 amide bonds. The topological polar surface area (TPSA) is 35.9 Å². The number of pyridine rings is 1. The fourth-order valence-electron chi connectivity index (χ4n) is 10.8. The molecule has 378 valence electrons. The van der Waals surface area contributed by atoms with Crippen LogP contribution in [-0.4, -0.2) is 14.1 Å². The second-order valence-electron chi connectivity index (χ2n) is 22.9. The van der Waals surface area contributed by atoms with Crippen molar-refractivity contribution in [1.29, 1.82) is 0 Å². The molecule has 12 rings (SSSR count). The van der Waals surface area contributed by atoms with Crippen molar-refractivity contribution in [3.05, 3.63) is 259 Å². The first-order chi connectivity index (χ1) is 39.2. The molecule has 0 unspecified atom stereocenters. The van der Waals surface area contributed by atoms with Crippen molar-refractivity contribution in [3.8, 4) is 62.1 Å². The van der Waals surface area contributed by atoms with Gasteiger partial charge in [-0.1, -0.05) is 219 Å². The summed E-state index contributed by atoms with van der Waals surface area (Å²) in [5, 5.41) is 2.18. The van der Waals surface area contributed by atoms with E-state index in [1.54, 1.807) is 0 Å². The Morgan fingerprint density at radius 3 is 1.92 bits per heavy atom. The van der Waals surface area contributed by atoms with E-state index in [1.165, 1.54) is 11.1 Å². The first-order valence-corrected chi connectivity index (χ1v) is 26.5. The summed E-state index contributed by atoms with van der Waals surface area (Å²) in [6, 6.07) is 65.2. The van der Waals surface area contributed by atoms with Crippen LogP contribution >= 0.6 is 0 Å². The van der Waals surface area contributed by atoms with Crippen molar-refractivity contribution in [2.45, 2.75) is 78.1 Å². The van der Waals surface area contributed by atoms with E-state index < -0.39 is 18.1 Å². The third kappa shape index (κ3) is 9.52. The van der Waals surface area contributed by atoms with Crippen LogP contribution in [-0.2, 0) is 22.7 Å². The molecule has 0 bridgehead atoms. The first kappa shape index (κ1) is 43.4. The minimum absolute atomic E-state index is 0.109. The number of hydrogen-bond acceptors (Lipinski definition) is 2. The van der Waals surface area contributed by atoms with Crippen LogP contribution < -0.4 is 9.30 Å². The summed E-state index contributed by atoms with van der Waals surface area (Å²) in [4.78, 5) is 5.04. The Morgan fingerprint density at radius 2 is 1.18 bits per heavy atom. The first-order valence-electron chi connectivity index (χ1n) is 29.0. The molecule has 0 aliphatic heterocycles. The molecule has 3 aromatic heterocycles. The highest BCUT2D eigenvalue weighted by Gasteiger charge is 2.26. The van der Waals surface area contributed by atoms with E-state index in [-0.39, 0.29) is 33.9 Å². The summed E-state index contributed by atoms with van der Waals surface area (Å²) in [6.45, 7) is 17.8. The van der Waals surface area contributed by atoms with Gasteiger partial charge in [-0.25, -0.2) is 4.98 Å². The third-order valence-corrected chi connectivity index (χ3v) is 15.0. The van der Waals surface area contributed by atoms with Gasteiger partial charge in [-0.3, -0.25) is 13.7 Å². The van der Waals surface area contributed by atoms with Gasteiger partial charge in [0.05, 0.1) is 40.3 Å². The Hall–Kier alpha value is -8.80. The van der Waals surface area contributed by atoms with E-state index in [0.29, 0.717) is 22.7 Å². The van der Waals surface area contributed by atoms with E-state index in [9.17, 15) is 2.74 Å². The zero-order valence-corrected chi connectivity index (χ0v) is 45.0. The number of aromatic nitrogens is 4. The van der Waals surface area contributed by atoms with Crippen molar-refractivity contribution < 1.29 is 16.2 Å². The zero-order valence-electron chi connectivity index (χ0n) is 50.0. The molecule has 12 aromatic rings. The van der Waals surface area contributed by atoms with Gasteiger partial charge in [0.2, 0.25) is 0 Å². The minimum Gasteiger partial charge on any atom is -0.458 e. The summed E-state index contributed by atoms with van der Waals surface area (Å²) >= 11 is 0. The molecule has 9 aromatic carbocycles. The highest BCUT2D eigenvalue weighted by Crippen LogP contribution is 2.41. The molecule has 0 fully saturated rings. The maximum absolute atomic E-state index is 9.28. The van der Waals surface area contributed by atoms with Gasteiger partial charge in [-0.05, 0) is 133 Å². The normalized spacial score (nSPS) is 13.1. The second-order valence-corrected chi connectivity index (χ2v) is 22.9. The predicted octanol–water partition coefficient (Wildman–Crippen LogP) is 18.1. The summed E-state index contributed by atoms with van der Waals surface area (Å²) in [6.07, 6.45) is 6.47.